The summed E-state index contributed by atoms with van der Waals surface area (Å²) in [5, 5.41) is 3.99. The van der Waals surface area contributed by atoms with Crippen LogP contribution in [0.1, 0.15) is 41.6 Å². The first-order valence-corrected chi connectivity index (χ1v) is 11.1. The number of amides is 1. The maximum atomic E-state index is 12.9. The number of nitrogens with zero attached hydrogens (tertiary/aromatic N) is 1. The van der Waals surface area contributed by atoms with E-state index in [-0.39, 0.29) is 11.9 Å². The van der Waals surface area contributed by atoms with E-state index in [2.05, 4.69) is 38.3 Å². The number of benzene rings is 2. The minimum atomic E-state index is -0.113. The molecule has 0 aromatic heterocycles. The summed E-state index contributed by atoms with van der Waals surface area (Å²) in [5.41, 5.74) is 8.24. The molecule has 7 heteroatoms. The maximum Gasteiger partial charge on any atom is 0.255 e. The Balaban J connectivity index is 1.42. The summed E-state index contributed by atoms with van der Waals surface area (Å²) in [5.74, 6) is 0.379. The van der Waals surface area contributed by atoms with Gasteiger partial charge in [-0.1, -0.05) is 23.7 Å². The van der Waals surface area contributed by atoms with Gasteiger partial charge in [0.05, 0.1) is 12.7 Å². The molecule has 2 bridgehead atoms. The Morgan fingerprint density at radius 2 is 1.90 bits per heavy atom. The van der Waals surface area contributed by atoms with Crippen molar-refractivity contribution in [2.24, 2.45) is 0 Å². The van der Waals surface area contributed by atoms with Crippen molar-refractivity contribution < 1.29 is 9.53 Å². The van der Waals surface area contributed by atoms with Crippen molar-refractivity contribution in [2.75, 3.05) is 12.8 Å². The summed E-state index contributed by atoms with van der Waals surface area (Å²) in [6.45, 7) is 0.936. The second-order valence-corrected chi connectivity index (χ2v) is 9.19. The number of hydrogen-bond acceptors (Lipinski definition) is 4. The van der Waals surface area contributed by atoms with Crippen molar-refractivity contribution >= 4 is 39.1 Å². The zero-order valence-corrected chi connectivity index (χ0v) is 18.7. The molecule has 2 aliphatic heterocycles. The van der Waals surface area contributed by atoms with E-state index in [1.165, 1.54) is 18.4 Å². The lowest BCUT2D eigenvalue weighted by molar-refractivity contribution is 0.0825. The molecule has 2 atom stereocenters. The predicted octanol–water partition coefficient (Wildman–Crippen LogP) is 4.62. The molecule has 0 saturated carbocycles. The third-order valence-electron chi connectivity index (χ3n) is 6.06. The summed E-state index contributed by atoms with van der Waals surface area (Å²) in [6, 6.07) is 12.7. The summed E-state index contributed by atoms with van der Waals surface area (Å²) in [7, 11) is 1.55. The lowest BCUT2D eigenvalue weighted by atomic mass is 9.96. The normalized spacial score (nSPS) is 23.8. The highest BCUT2D eigenvalue weighted by Gasteiger charge is 2.41. The van der Waals surface area contributed by atoms with Crippen LogP contribution in [0.5, 0.6) is 5.75 Å². The molecule has 0 radical (unpaired) electrons. The summed E-state index contributed by atoms with van der Waals surface area (Å²) < 4.78 is 6.05. The Morgan fingerprint density at radius 1 is 1.24 bits per heavy atom. The Kier molecular flexibility index (Phi) is 6.04. The van der Waals surface area contributed by atoms with Crippen LogP contribution in [0.3, 0.4) is 0 Å². The monoisotopic (exact) mass is 477 g/mol. The van der Waals surface area contributed by atoms with Crippen molar-refractivity contribution in [1.82, 2.24) is 10.2 Å². The van der Waals surface area contributed by atoms with Crippen molar-refractivity contribution in [1.29, 1.82) is 0 Å². The molecule has 2 saturated heterocycles. The molecule has 1 amide bonds. The van der Waals surface area contributed by atoms with Gasteiger partial charge in [0.25, 0.3) is 5.91 Å². The molecule has 4 rings (SSSR count). The quantitative estimate of drug-likeness (QED) is 0.616. The van der Waals surface area contributed by atoms with Crippen LogP contribution in [-0.4, -0.2) is 36.0 Å². The fraction of sp³-hybridized carbons (Fsp3) is 0.409. The van der Waals surface area contributed by atoms with Crippen LogP contribution in [0.25, 0.3) is 0 Å². The summed E-state index contributed by atoms with van der Waals surface area (Å²) in [4.78, 5) is 15.5. The molecule has 2 aromatic carbocycles. The number of methoxy groups -OCH3 is 1. The smallest absolute Gasteiger partial charge is 0.255 e. The molecule has 154 valence electrons. The van der Waals surface area contributed by atoms with Crippen LogP contribution in [-0.2, 0) is 6.54 Å². The standard InChI is InChI=1S/C22H25BrClN3O2/c1-29-21-11-20(25)19(23)10-18(21)22(28)26-15-8-16-6-7-17(9-15)27(16)12-13-2-4-14(24)5-3-13/h2-5,10-11,15-17H,6-9,12,25H2,1H3,(H,26,28). The number of nitrogens with two attached hydrogens (primary N) is 1. The van der Waals surface area contributed by atoms with Gasteiger partial charge in [0.1, 0.15) is 5.75 Å². The van der Waals surface area contributed by atoms with E-state index in [9.17, 15) is 4.79 Å². The van der Waals surface area contributed by atoms with Crippen molar-refractivity contribution in [3.63, 3.8) is 0 Å². The van der Waals surface area contributed by atoms with Crippen LogP contribution in [0.4, 0.5) is 5.69 Å². The van der Waals surface area contributed by atoms with Crippen molar-refractivity contribution in [2.45, 2.75) is 50.4 Å². The van der Waals surface area contributed by atoms with Crippen molar-refractivity contribution in [3.8, 4) is 5.75 Å². The maximum absolute atomic E-state index is 12.9. The lowest BCUT2D eigenvalue weighted by Crippen LogP contribution is -2.50. The highest BCUT2D eigenvalue weighted by Crippen LogP contribution is 2.37. The van der Waals surface area contributed by atoms with Gasteiger partial charge in [-0.3, -0.25) is 9.69 Å². The number of ether oxygens (including phenoxy) is 1. The number of carbonyl (C=O) groups is 1. The molecule has 0 aliphatic carbocycles. The van der Waals surface area contributed by atoms with E-state index in [0.717, 1.165) is 24.4 Å². The first-order valence-electron chi connectivity index (χ1n) is 9.88. The van der Waals surface area contributed by atoms with Gasteiger partial charge in [-0.2, -0.15) is 0 Å². The third kappa shape index (κ3) is 4.39. The number of anilines is 1. The predicted molar refractivity (Wildman–Crippen MR) is 119 cm³/mol. The largest absolute Gasteiger partial charge is 0.496 e. The summed E-state index contributed by atoms with van der Waals surface area (Å²) >= 11 is 9.41. The summed E-state index contributed by atoms with van der Waals surface area (Å²) in [6.07, 6.45) is 4.30. The second-order valence-electron chi connectivity index (χ2n) is 7.90. The Bertz CT molecular complexity index is 892. The minimum absolute atomic E-state index is 0.113. The molecule has 2 fully saturated rings. The zero-order valence-electron chi connectivity index (χ0n) is 16.3. The lowest BCUT2D eigenvalue weighted by Gasteiger charge is -2.39. The number of carbonyl (C=O) groups excluding carboxylic acids is 1. The highest BCUT2D eigenvalue weighted by molar-refractivity contribution is 9.10. The topological polar surface area (TPSA) is 67.6 Å². The SMILES string of the molecule is COc1cc(N)c(Br)cc1C(=O)NC1CC2CCC(C1)N2Cc1ccc(Cl)cc1. The molecule has 5 nitrogen and oxygen atoms in total. The van der Waals surface area contributed by atoms with Crippen LogP contribution in [0, 0.1) is 0 Å². The number of nitrogen functional groups attached to an aromatic ring is 1. The zero-order chi connectivity index (χ0) is 20.5. The van der Waals surface area contributed by atoms with Gasteiger partial charge in [0, 0.05) is 45.9 Å². The molecule has 29 heavy (non-hydrogen) atoms. The Labute approximate surface area is 184 Å². The number of nitrogens with one attached hydrogen (secondary N) is 1. The van der Waals surface area contributed by atoms with Gasteiger partial charge in [-0.25, -0.2) is 0 Å². The average Bonchev–Trinajstić information content (AvgIpc) is 2.93. The van der Waals surface area contributed by atoms with Gasteiger partial charge < -0.3 is 15.8 Å². The molecule has 2 unspecified atom stereocenters. The first kappa shape index (κ1) is 20.5. The van der Waals surface area contributed by atoms with Gasteiger partial charge in [0.2, 0.25) is 0 Å². The molecule has 3 N–H and O–H groups in total. The number of rotatable bonds is 5. The van der Waals surface area contributed by atoms with Crippen LogP contribution < -0.4 is 15.8 Å². The molecule has 2 aliphatic rings. The van der Waals surface area contributed by atoms with E-state index in [4.69, 9.17) is 22.1 Å². The Hall–Kier alpha value is -1.76. The fourth-order valence-corrected chi connectivity index (χ4v) is 5.10. The van der Waals surface area contributed by atoms with Gasteiger partial charge >= 0.3 is 0 Å². The van der Waals surface area contributed by atoms with E-state index in [1.807, 2.05) is 12.1 Å². The van der Waals surface area contributed by atoms with Crippen LogP contribution in [0.15, 0.2) is 40.9 Å². The third-order valence-corrected chi connectivity index (χ3v) is 7.00. The highest BCUT2D eigenvalue weighted by atomic mass is 79.9. The van der Waals surface area contributed by atoms with Crippen molar-refractivity contribution in [3.05, 3.63) is 57.0 Å². The second kappa shape index (κ2) is 8.54. The first-order chi connectivity index (χ1) is 13.9. The van der Waals surface area contributed by atoms with E-state index < -0.39 is 0 Å². The average molecular weight is 479 g/mol. The molecule has 2 aromatic rings. The van der Waals surface area contributed by atoms with E-state index in [1.54, 1.807) is 19.2 Å². The Morgan fingerprint density at radius 3 is 2.52 bits per heavy atom. The van der Waals surface area contributed by atoms with E-state index in [0.29, 0.717) is 33.6 Å². The van der Waals surface area contributed by atoms with Gasteiger partial charge in [-0.05, 0) is 65.4 Å². The minimum Gasteiger partial charge on any atom is -0.496 e. The van der Waals surface area contributed by atoms with Gasteiger partial charge in [-0.15, -0.1) is 0 Å². The van der Waals surface area contributed by atoms with Crippen LogP contribution in [0.2, 0.25) is 5.02 Å². The number of hydrogen-bond donors (Lipinski definition) is 2. The fourth-order valence-electron chi connectivity index (χ4n) is 4.63. The van der Waals surface area contributed by atoms with Gasteiger partial charge in [0.15, 0.2) is 0 Å². The molecular formula is C22H25BrClN3O2. The number of fused-ring (bicyclic) bond motifs is 2. The molecule has 0 spiro atoms. The van der Waals surface area contributed by atoms with Crippen LogP contribution >= 0.6 is 27.5 Å². The van der Waals surface area contributed by atoms with E-state index >= 15 is 0 Å². The molecule has 2 heterocycles. The number of halogens is 2. The molecular weight excluding hydrogens is 454 g/mol. The number of piperidine rings is 1.